The molecule has 26 heavy (non-hydrogen) atoms. The van der Waals surface area contributed by atoms with E-state index in [-0.39, 0.29) is 5.75 Å². The van der Waals surface area contributed by atoms with Crippen LogP contribution in [0.5, 0.6) is 5.75 Å². The second kappa shape index (κ2) is 9.78. The maximum atomic E-state index is 12.0. The van der Waals surface area contributed by atoms with Crippen molar-refractivity contribution in [2.24, 2.45) is 10.9 Å². The van der Waals surface area contributed by atoms with Crippen molar-refractivity contribution in [3.05, 3.63) is 29.8 Å². The highest BCUT2D eigenvalue weighted by atomic mass is 32.2. The average molecular weight is 383 g/mol. The third-order valence-corrected chi connectivity index (χ3v) is 5.97. The molecule has 0 amide bonds. The number of benzene rings is 1. The molecule has 1 saturated carbocycles. The lowest BCUT2D eigenvalue weighted by atomic mass is 9.86. The molecule has 7 nitrogen and oxygen atoms in total. The molecule has 146 valence electrons. The van der Waals surface area contributed by atoms with Gasteiger partial charge in [0.25, 0.3) is 0 Å². The smallest absolute Gasteiger partial charge is 0.213 e. The van der Waals surface area contributed by atoms with Gasteiger partial charge in [0.05, 0.1) is 12.9 Å². The number of ether oxygens (including phenoxy) is 1. The molecule has 0 spiro atoms. The zero-order chi connectivity index (χ0) is 19.0. The molecule has 2 N–H and O–H groups in total. The van der Waals surface area contributed by atoms with Crippen LogP contribution in [0.1, 0.15) is 24.8 Å². The summed E-state index contributed by atoms with van der Waals surface area (Å²) in [5.41, 5.74) is 1.12. The summed E-state index contributed by atoms with van der Waals surface area (Å²) in [5.74, 6) is 2.03. The van der Waals surface area contributed by atoms with Crippen LogP contribution in [0.25, 0.3) is 0 Å². The Morgan fingerprint density at radius 1 is 1.31 bits per heavy atom. The predicted octanol–water partition coefficient (Wildman–Crippen LogP) is 1.42. The number of sulfonamides is 1. The van der Waals surface area contributed by atoms with Gasteiger partial charge in [-0.2, -0.15) is 0 Å². The van der Waals surface area contributed by atoms with Crippen LogP contribution >= 0.6 is 0 Å². The molecule has 0 radical (unpaired) electrons. The quantitative estimate of drug-likeness (QED) is 0.499. The Balaban J connectivity index is 1.76. The van der Waals surface area contributed by atoms with Crippen LogP contribution < -0.4 is 14.8 Å². The molecule has 1 aromatic carbocycles. The fourth-order valence-corrected chi connectivity index (χ4v) is 3.78. The van der Waals surface area contributed by atoms with Gasteiger partial charge in [-0.1, -0.05) is 18.6 Å². The highest BCUT2D eigenvalue weighted by Crippen LogP contribution is 2.25. The number of guanidine groups is 1. The van der Waals surface area contributed by atoms with Crippen molar-refractivity contribution >= 4 is 16.0 Å². The van der Waals surface area contributed by atoms with Gasteiger partial charge < -0.3 is 15.0 Å². The molecule has 0 atom stereocenters. The Morgan fingerprint density at radius 2 is 2.00 bits per heavy atom. The van der Waals surface area contributed by atoms with Crippen molar-refractivity contribution in [2.75, 3.05) is 40.0 Å². The van der Waals surface area contributed by atoms with E-state index in [1.54, 1.807) is 14.2 Å². The molecule has 1 fully saturated rings. The minimum absolute atomic E-state index is 0.0368. The first-order chi connectivity index (χ1) is 12.4. The van der Waals surface area contributed by atoms with Gasteiger partial charge in [0, 0.05) is 33.7 Å². The van der Waals surface area contributed by atoms with E-state index in [9.17, 15) is 8.42 Å². The molecule has 1 aliphatic rings. The van der Waals surface area contributed by atoms with Crippen molar-refractivity contribution in [1.29, 1.82) is 0 Å². The summed E-state index contributed by atoms with van der Waals surface area (Å²) in [4.78, 5) is 6.18. The Labute approximate surface area is 156 Å². The maximum absolute atomic E-state index is 12.0. The molecule has 1 aromatic rings. The molecular formula is C18H30N4O3S. The largest absolute Gasteiger partial charge is 0.497 e. The average Bonchev–Trinajstić information content (AvgIpc) is 2.57. The summed E-state index contributed by atoms with van der Waals surface area (Å²) in [7, 11) is 2.00. The normalized spacial score (nSPS) is 15.4. The van der Waals surface area contributed by atoms with Gasteiger partial charge in [-0.25, -0.2) is 13.1 Å². The number of nitrogens with one attached hydrogen (secondary N) is 2. The number of hydrogen-bond acceptors (Lipinski definition) is 4. The van der Waals surface area contributed by atoms with Crippen LogP contribution in [0.2, 0.25) is 0 Å². The van der Waals surface area contributed by atoms with E-state index >= 15 is 0 Å². The Hall–Kier alpha value is -1.80. The first-order valence-corrected chi connectivity index (χ1v) is 10.6. The first kappa shape index (κ1) is 20.5. The zero-order valence-corrected chi connectivity index (χ0v) is 16.7. The van der Waals surface area contributed by atoms with Crippen molar-refractivity contribution < 1.29 is 13.2 Å². The molecule has 0 saturated heterocycles. The van der Waals surface area contributed by atoms with Gasteiger partial charge in [-0.3, -0.25) is 4.99 Å². The highest BCUT2D eigenvalue weighted by Gasteiger charge is 2.20. The SMILES string of the molecule is CN=C(NCCS(=O)(=O)NCC1CCC1)N(C)Cc1ccc(OC)cc1. The lowest BCUT2D eigenvalue weighted by Crippen LogP contribution is -2.42. The fourth-order valence-electron chi connectivity index (χ4n) is 2.78. The van der Waals surface area contributed by atoms with E-state index in [0.717, 1.165) is 24.2 Å². The van der Waals surface area contributed by atoms with Crippen molar-refractivity contribution in [3.8, 4) is 5.75 Å². The van der Waals surface area contributed by atoms with Crippen molar-refractivity contribution in [2.45, 2.75) is 25.8 Å². The molecule has 0 aromatic heterocycles. The van der Waals surface area contributed by atoms with E-state index < -0.39 is 10.0 Å². The molecule has 0 unspecified atom stereocenters. The van der Waals surface area contributed by atoms with E-state index in [1.807, 2.05) is 36.2 Å². The van der Waals surface area contributed by atoms with Crippen LogP contribution in [0, 0.1) is 5.92 Å². The van der Waals surface area contributed by atoms with Crippen LogP contribution in [0.15, 0.2) is 29.3 Å². The molecule has 2 rings (SSSR count). The van der Waals surface area contributed by atoms with E-state index in [4.69, 9.17) is 4.74 Å². The number of rotatable bonds is 9. The molecule has 0 heterocycles. The van der Waals surface area contributed by atoms with Gasteiger partial charge in [-0.05, 0) is 36.5 Å². The summed E-state index contributed by atoms with van der Waals surface area (Å²) in [5, 5.41) is 3.12. The lowest BCUT2D eigenvalue weighted by molar-refractivity contribution is 0.316. The van der Waals surface area contributed by atoms with E-state index in [2.05, 4.69) is 15.0 Å². The second-order valence-electron chi connectivity index (χ2n) is 6.64. The third kappa shape index (κ3) is 6.49. The maximum Gasteiger partial charge on any atom is 0.213 e. The summed E-state index contributed by atoms with van der Waals surface area (Å²) < 4.78 is 32.0. The monoisotopic (exact) mass is 382 g/mol. The summed E-state index contributed by atoms with van der Waals surface area (Å²) in [6.45, 7) is 1.55. The Kier molecular flexibility index (Phi) is 7.71. The minimum Gasteiger partial charge on any atom is -0.497 e. The molecule has 1 aliphatic carbocycles. The summed E-state index contributed by atoms with van der Waals surface area (Å²) in [6, 6.07) is 7.83. The zero-order valence-electron chi connectivity index (χ0n) is 15.9. The Morgan fingerprint density at radius 3 is 2.54 bits per heavy atom. The van der Waals surface area contributed by atoms with Gasteiger partial charge in [0.15, 0.2) is 5.96 Å². The van der Waals surface area contributed by atoms with Crippen LogP contribution in [-0.2, 0) is 16.6 Å². The number of methoxy groups -OCH3 is 1. The van der Waals surface area contributed by atoms with Crippen LogP contribution in [0.4, 0.5) is 0 Å². The molecular weight excluding hydrogens is 352 g/mol. The number of hydrogen-bond donors (Lipinski definition) is 2. The van der Waals surface area contributed by atoms with Gasteiger partial charge in [-0.15, -0.1) is 0 Å². The third-order valence-electron chi connectivity index (χ3n) is 4.62. The summed E-state index contributed by atoms with van der Waals surface area (Å²) in [6.07, 6.45) is 3.47. The fraction of sp³-hybridized carbons (Fsp3) is 0.611. The number of nitrogens with zero attached hydrogens (tertiary/aromatic N) is 2. The first-order valence-electron chi connectivity index (χ1n) is 8.95. The minimum atomic E-state index is -3.25. The van der Waals surface area contributed by atoms with Crippen LogP contribution in [-0.4, -0.2) is 59.3 Å². The van der Waals surface area contributed by atoms with E-state index in [1.165, 1.54) is 6.42 Å². The van der Waals surface area contributed by atoms with Gasteiger partial charge in [0.2, 0.25) is 10.0 Å². The van der Waals surface area contributed by atoms with Crippen LogP contribution in [0.3, 0.4) is 0 Å². The standard InChI is InChI=1S/C18H30N4O3S/c1-19-18(22(2)14-16-7-9-17(25-3)10-8-16)20-11-12-26(23,24)21-13-15-5-4-6-15/h7-10,15,21H,4-6,11-14H2,1-3H3,(H,19,20). The molecule has 8 heteroatoms. The molecule has 0 aliphatic heterocycles. The van der Waals surface area contributed by atoms with Crippen molar-refractivity contribution in [1.82, 2.24) is 14.9 Å². The van der Waals surface area contributed by atoms with Gasteiger partial charge >= 0.3 is 0 Å². The number of aliphatic imine (C=N–C) groups is 1. The molecule has 0 bridgehead atoms. The Bertz CT molecular complexity index is 685. The summed E-state index contributed by atoms with van der Waals surface area (Å²) >= 11 is 0. The second-order valence-corrected chi connectivity index (χ2v) is 8.57. The topological polar surface area (TPSA) is 83.0 Å². The van der Waals surface area contributed by atoms with Crippen molar-refractivity contribution in [3.63, 3.8) is 0 Å². The lowest BCUT2D eigenvalue weighted by Gasteiger charge is -2.25. The predicted molar refractivity (Wildman–Crippen MR) is 105 cm³/mol. The van der Waals surface area contributed by atoms with E-state index in [0.29, 0.717) is 31.5 Å². The van der Waals surface area contributed by atoms with Gasteiger partial charge in [0.1, 0.15) is 5.75 Å². The highest BCUT2D eigenvalue weighted by molar-refractivity contribution is 7.89.